The van der Waals surface area contributed by atoms with Crippen LogP contribution < -0.4 is 26.6 Å². The van der Waals surface area contributed by atoms with Gasteiger partial charge in [0.15, 0.2) is 0 Å². The number of aliphatic hydroxyl groups excluding tert-OH is 1. The summed E-state index contributed by atoms with van der Waals surface area (Å²) >= 11 is 4.26. The Morgan fingerprint density at radius 1 is 0.837 bits per heavy atom. The van der Waals surface area contributed by atoms with E-state index in [0.29, 0.717) is 13.0 Å². The van der Waals surface area contributed by atoms with Crippen LogP contribution in [-0.4, -0.2) is 76.5 Å². The van der Waals surface area contributed by atoms with Crippen molar-refractivity contribution < 1.29 is 33.8 Å². The highest BCUT2D eigenvalue weighted by molar-refractivity contribution is 7.80. The molecule has 12 nitrogen and oxygen atoms in total. The molecule has 6 N–H and O–H groups in total. The molecule has 49 heavy (non-hydrogen) atoms. The third-order valence-electron chi connectivity index (χ3n) is 7.51. The first-order valence-electron chi connectivity index (χ1n) is 16.9. The number of benzene rings is 1. The summed E-state index contributed by atoms with van der Waals surface area (Å²) in [5.74, 6) is -2.25. The molecular weight excluding hydrogens is 646 g/mol. The summed E-state index contributed by atoms with van der Waals surface area (Å²) in [4.78, 5) is 65.3. The van der Waals surface area contributed by atoms with Crippen LogP contribution in [0.4, 0.5) is 4.79 Å². The van der Waals surface area contributed by atoms with Crippen LogP contribution in [0.5, 0.6) is 0 Å². The summed E-state index contributed by atoms with van der Waals surface area (Å²) in [6.07, 6.45) is -1.57. The van der Waals surface area contributed by atoms with Crippen molar-refractivity contribution in [2.45, 2.75) is 124 Å². The predicted molar refractivity (Wildman–Crippen MR) is 195 cm³/mol. The Kier molecular flexibility index (Phi) is 18.5. The third-order valence-corrected chi connectivity index (χ3v) is 7.77. The van der Waals surface area contributed by atoms with Crippen molar-refractivity contribution >= 4 is 42.4 Å². The quantitative estimate of drug-likeness (QED) is 0.0850. The molecule has 5 atom stereocenters. The monoisotopic (exact) mass is 705 g/mol. The number of nitrogens with one attached hydrogen (secondary N) is 5. The van der Waals surface area contributed by atoms with Crippen LogP contribution in [0.15, 0.2) is 42.5 Å². The van der Waals surface area contributed by atoms with Crippen LogP contribution in [-0.2, 0) is 30.5 Å². The first-order valence-corrected chi connectivity index (χ1v) is 17.6. The summed E-state index contributed by atoms with van der Waals surface area (Å²) in [6, 6.07) is 5.81. The lowest BCUT2D eigenvalue weighted by Crippen LogP contribution is -2.57. The molecule has 0 saturated heterocycles. The van der Waals surface area contributed by atoms with E-state index in [0.717, 1.165) is 5.56 Å². The normalized spacial score (nSPS) is 14.7. The van der Waals surface area contributed by atoms with Gasteiger partial charge in [-0.2, -0.15) is 12.6 Å². The molecule has 0 spiro atoms. The minimum atomic E-state index is -1.20. The van der Waals surface area contributed by atoms with Gasteiger partial charge in [-0.3, -0.25) is 19.2 Å². The second-order valence-corrected chi connectivity index (χ2v) is 14.9. The van der Waals surface area contributed by atoms with E-state index in [4.69, 9.17) is 4.74 Å². The molecule has 1 rings (SSSR count). The number of amides is 5. The second kappa shape index (κ2) is 20.8. The molecule has 0 aromatic heterocycles. The molecule has 1 aromatic carbocycles. The molecule has 276 valence electrons. The fourth-order valence-electron chi connectivity index (χ4n) is 4.89. The molecule has 0 aliphatic rings. The van der Waals surface area contributed by atoms with Crippen molar-refractivity contribution in [3.05, 3.63) is 48.0 Å². The number of carbonyl (C=O) groups excluding carboxylic acids is 5. The molecule has 0 aliphatic heterocycles. The molecule has 5 amide bonds. The highest BCUT2D eigenvalue weighted by Gasteiger charge is 2.33. The van der Waals surface area contributed by atoms with Gasteiger partial charge in [0.1, 0.15) is 23.7 Å². The van der Waals surface area contributed by atoms with Crippen molar-refractivity contribution in [3.63, 3.8) is 0 Å². The van der Waals surface area contributed by atoms with Crippen LogP contribution in [0, 0.1) is 17.8 Å². The number of aliphatic hydroxyl groups is 1. The first-order chi connectivity index (χ1) is 22.7. The Balaban J connectivity index is 2.97. The van der Waals surface area contributed by atoms with Gasteiger partial charge in [0.25, 0.3) is 0 Å². The van der Waals surface area contributed by atoms with E-state index in [1.54, 1.807) is 34.6 Å². The molecule has 0 fully saturated rings. The largest absolute Gasteiger partial charge is 0.444 e. The third kappa shape index (κ3) is 16.6. The Labute approximate surface area is 297 Å². The number of hydrogen-bond donors (Lipinski definition) is 7. The lowest BCUT2D eigenvalue weighted by Gasteiger charge is -2.30. The second-order valence-electron chi connectivity index (χ2n) is 14.5. The highest BCUT2D eigenvalue weighted by Crippen LogP contribution is 2.16. The van der Waals surface area contributed by atoms with Gasteiger partial charge >= 0.3 is 6.09 Å². The zero-order valence-electron chi connectivity index (χ0n) is 30.6. The fraction of sp³-hybridized carbons (Fsp3) is 0.639. The summed E-state index contributed by atoms with van der Waals surface area (Å²) in [7, 11) is 0. The van der Waals surface area contributed by atoms with Crippen molar-refractivity contribution in [3.8, 4) is 0 Å². The van der Waals surface area contributed by atoms with Crippen LogP contribution in [0.2, 0.25) is 0 Å². The minimum absolute atomic E-state index is 0.0465. The number of carbonyl (C=O) groups is 5. The minimum Gasteiger partial charge on any atom is -0.444 e. The van der Waals surface area contributed by atoms with E-state index in [2.05, 4.69) is 45.8 Å². The maximum absolute atomic E-state index is 13.5. The Bertz CT molecular complexity index is 1250. The van der Waals surface area contributed by atoms with E-state index >= 15 is 0 Å². The lowest BCUT2D eigenvalue weighted by molar-refractivity contribution is -0.131. The standard InChI is InChI=1S/C36H59N5O7S/c1-21(2)18-27(39-32(44)26(16-17-49)38-34(46)30(23(5)6)41-35(47)48-36(8,9)10)28(42)19-24(7)31(43)40-29(22(3)4)33(45)37-20-25-14-12-11-13-15-25/h11-15,21-23,26-30,42,49H,7,16-20H2,1-6,8-10H3,(H,37,45)(H,38,46)(H,39,44)(H,40,43)(H,41,47)/t26-,27-,28-,29-,30-/m0/s1. The van der Waals surface area contributed by atoms with Crippen LogP contribution in [0.1, 0.15) is 87.1 Å². The van der Waals surface area contributed by atoms with Crippen molar-refractivity contribution in [2.24, 2.45) is 17.8 Å². The maximum atomic E-state index is 13.5. The van der Waals surface area contributed by atoms with Crippen LogP contribution >= 0.6 is 12.6 Å². The topological polar surface area (TPSA) is 175 Å². The van der Waals surface area contributed by atoms with Crippen molar-refractivity contribution in [2.75, 3.05) is 5.75 Å². The summed E-state index contributed by atoms with van der Waals surface area (Å²) < 4.78 is 5.30. The SMILES string of the molecule is C=C(C[C@H](O)[C@H](CC(C)C)NC(=O)[C@H](CCS)NC(=O)[C@@H](NC(=O)OC(C)(C)C)C(C)C)C(=O)N[C@H](C(=O)NCc1ccccc1)C(C)C. The first kappa shape index (κ1) is 43.4. The zero-order chi connectivity index (χ0) is 37.5. The average molecular weight is 706 g/mol. The molecule has 0 bridgehead atoms. The van der Waals surface area contributed by atoms with E-state index in [1.165, 1.54) is 0 Å². The van der Waals surface area contributed by atoms with Crippen molar-refractivity contribution in [1.29, 1.82) is 0 Å². The van der Waals surface area contributed by atoms with Gasteiger partial charge in [-0.1, -0.05) is 78.5 Å². The molecule has 0 heterocycles. The lowest BCUT2D eigenvalue weighted by atomic mass is 9.94. The van der Waals surface area contributed by atoms with Gasteiger partial charge in [-0.25, -0.2) is 4.79 Å². The molecule has 0 saturated carbocycles. The van der Waals surface area contributed by atoms with Crippen molar-refractivity contribution in [1.82, 2.24) is 26.6 Å². The van der Waals surface area contributed by atoms with Gasteiger partial charge in [0.05, 0.1) is 12.1 Å². The molecule has 0 aliphatic carbocycles. The van der Waals surface area contributed by atoms with Crippen LogP contribution in [0.3, 0.4) is 0 Å². The van der Waals surface area contributed by atoms with E-state index < -0.39 is 59.7 Å². The molecule has 13 heteroatoms. The molecule has 0 unspecified atom stereocenters. The van der Waals surface area contributed by atoms with Gasteiger partial charge in [-0.05, 0) is 62.7 Å². The Morgan fingerprint density at radius 2 is 1.41 bits per heavy atom. The predicted octanol–water partition coefficient (Wildman–Crippen LogP) is 3.64. The average Bonchev–Trinajstić information content (AvgIpc) is 2.99. The zero-order valence-corrected chi connectivity index (χ0v) is 31.5. The van der Waals surface area contributed by atoms with Gasteiger partial charge in [0, 0.05) is 18.5 Å². The number of ether oxygens (including phenoxy) is 1. The summed E-state index contributed by atoms with van der Waals surface area (Å²) in [5, 5.41) is 25.0. The van der Waals surface area contributed by atoms with E-state index in [1.807, 2.05) is 58.0 Å². The van der Waals surface area contributed by atoms with E-state index in [-0.39, 0.29) is 47.8 Å². The van der Waals surface area contributed by atoms with Gasteiger partial charge in [0.2, 0.25) is 23.6 Å². The molecule has 0 radical (unpaired) electrons. The Morgan fingerprint density at radius 3 is 1.92 bits per heavy atom. The number of hydrogen-bond acceptors (Lipinski definition) is 8. The van der Waals surface area contributed by atoms with E-state index in [9.17, 15) is 29.1 Å². The highest BCUT2D eigenvalue weighted by atomic mass is 32.1. The number of rotatable bonds is 19. The summed E-state index contributed by atoms with van der Waals surface area (Å²) in [5.41, 5.74) is 0.205. The maximum Gasteiger partial charge on any atom is 0.408 e. The molecule has 1 aromatic rings. The summed E-state index contributed by atoms with van der Waals surface area (Å²) in [6.45, 7) is 20.3. The smallest absolute Gasteiger partial charge is 0.408 e. The van der Waals surface area contributed by atoms with Gasteiger partial charge < -0.3 is 36.4 Å². The Hall–Kier alpha value is -3.58. The molecular formula is C36H59N5O7S. The number of alkyl carbamates (subject to hydrolysis) is 1. The fourth-order valence-corrected chi connectivity index (χ4v) is 5.15. The number of thiol groups is 1. The van der Waals surface area contributed by atoms with Gasteiger partial charge in [-0.15, -0.1) is 0 Å². The van der Waals surface area contributed by atoms with Crippen LogP contribution in [0.25, 0.3) is 0 Å².